The maximum atomic E-state index is 13.5. The molecule has 12 heteroatoms. The lowest BCUT2D eigenvalue weighted by molar-refractivity contribution is -0.173. The largest absolute Gasteiger partial charge is 0.488 e. The van der Waals surface area contributed by atoms with Gasteiger partial charge in [0.15, 0.2) is 6.04 Å². The predicted octanol–water partition coefficient (Wildman–Crippen LogP) is 0.402. The third-order valence-corrected chi connectivity index (χ3v) is 7.60. The summed E-state index contributed by atoms with van der Waals surface area (Å²) in [6, 6.07) is 7.07. The highest BCUT2D eigenvalue weighted by Crippen LogP contribution is 2.43. The Hall–Kier alpha value is -3.48. The standard InChI is InChI=1S/C25H32N6O5S/c1-2-19(36-18-5-3-16(4-6-18)23(26)27)25(17-7-12-37-15-17,31-11-9-29-14-21(31)33)22(24(34)35)30-10-8-28-13-20(30)32/h3-7,12,15,19,22,28-29H,2,8-11,13-14H2,1H3,(H3,26,27)(H,34,35). The molecule has 3 atom stereocenters. The lowest BCUT2D eigenvalue weighted by atomic mass is 9.74. The van der Waals surface area contributed by atoms with Crippen molar-refractivity contribution in [1.29, 1.82) is 5.41 Å². The van der Waals surface area contributed by atoms with Crippen molar-refractivity contribution in [3.8, 4) is 5.75 Å². The molecular formula is C25H32N6O5S. The van der Waals surface area contributed by atoms with Gasteiger partial charge in [-0.3, -0.25) is 15.0 Å². The van der Waals surface area contributed by atoms with Crippen LogP contribution in [0.3, 0.4) is 0 Å². The Kier molecular flexibility index (Phi) is 8.10. The van der Waals surface area contributed by atoms with Crippen molar-refractivity contribution in [3.63, 3.8) is 0 Å². The van der Waals surface area contributed by atoms with Crippen molar-refractivity contribution in [2.24, 2.45) is 5.73 Å². The maximum Gasteiger partial charge on any atom is 0.329 e. The molecule has 3 unspecified atom stereocenters. The van der Waals surface area contributed by atoms with Crippen LogP contribution >= 0.6 is 11.3 Å². The summed E-state index contributed by atoms with van der Waals surface area (Å²) >= 11 is 1.39. The summed E-state index contributed by atoms with van der Waals surface area (Å²) in [6.07, 6.45) is -0.470. The Bertz CT molecular complexity index is 1140. The number of carboxylic acids is 1. The minimum absolute atomic E-state index is 0.0170. The van der Waals surface area contributed by atoms with E-state index in [1.807, 2.05) is 23.8 Å². The lowest BCUT2D eigenvalue weighted by Gasteiger charge is -2.54. The van der Waals surface area contributed by atoms with Gasteiger partial charge in [0, 0.05) is 31.7 Å². The molecule has 11 nitrogen and oxygen atoms in total. The van der Waals surface area contributed by atoms with Gasteiger partial charge >= 0.3 is 5.97 Å². The summed E-state index contributed by atoms with van der Waals surface area (Å²) in [7, 11) is 0. The first kappa shape index (κ1) is 26.6. The first-order valence-electron chi connectivity index (χ1n) is 12.2. The molecule has 2 aromatic rings. The molecule has 0 saturated carbocycles. The number of thiophene rings is 1. The molecule has 2 saturated heterocycles. The zero-order valence-electron chi connectivity index (χ0n) is 20.6. The van der Waals surface area contributed by atoms with Crippen LogP contribution in [0.1, 0.15) is 24.5 Å². The monoisotopic (exact) mass is 528 g/mol. The SMILES string of the molecule is CCC(Oc1ccc(C(=N)N)cc1)C(c1ccsc1)(C(C(=O)O)N1CCNCC1=O)N1CCNCC1=O. The Balaban J connectivity index is 1.92. The number of rotatable bonds is 10. The first-order valence-corrected chi connectivity index (χ1v) is 13.1. The van der Waals surface area contributed by atoms with Gasteiger partial charge in [0.05, 0.1) is 13.1 Å². The summed E-state index contributed by atoms with van der Waals surface area (Å²) in [4.78, 5) is 42.7. The van der Waals surface area contributed by atoms with Gasteiger partial charge in [-0.15, -0.1) is 0 Å². The third-order valence-electron chi connectivity index (χ3n) is 6.91. The lowest BCUT2D eigenvalue weighted by Crippen LogP contribution is -2.74. The zero-order chi connectivity index (χ0) is 26.6. The predicted molar refractivity (Wildman–Crippen MR) is 139 cm³/mol. The van der Waals surface area contributed by atoms with E-state index in [0.717, 1.165) is 0 Å². The van der Waals surface area contributed by atoms with Crippen LogP contribution < -0.4 is 21.1 Å². The van der Waals surface area contributed by atoms with Crippen molar-refractivity contribution in [3.05, 3.63) is 52.2 Å². The number of nitrogens with one attached hydrogen (secondary N) is 3. The molecule has 37 heavy (non-hydrogen) atoms. The van der Waals surface area contributed by atoms with Gasteiger partial charge in [-0.25, -0.2) is 4.79 Å². The minimum Gasteiger partial charge on any atom is -0.488 e. The molecule has 1 aromatic carbocycles. The number of amides is 2. The van der Waals surface area contributed by atoms with Crippen LogP contribution in [-0.2, 0) is 19.9 Å². The van der Waals surface area contributed by atoms with Crippen LogP contribution in [0.5, 0.6) is 5.75 Å². The summed E-state index contributed by atoms with van der Waals surface area (Å²) in [5, 5.41) is 28.1. The number of hydrogen-bond acceptors (Lipinski definition) is 8. The minimum atomic E-state index is -1.51. The van der Waals surface area contributed by atoms with Gasteiger partial charge in [0.25, 0.3) is 0 Å². The van der Waals surface area contributed by atoms with Gasteiger partial charge < -0.3 is 36.0 Å². The number of carbonyl (C=O) groups excluding carboxylic acids is 2. The van der Waals surface area contributed by atoms with Gasteiger partial charge in [0.2, 0.25) is 11.8 Å². The van der Waals surface area contributed by atoms with Gasteiger partial charge in [-0.2, -0.15) is 11.3 Å². The van der Waals surface area contributed by atoms with E-state index in [-0.39, 0.29) is 43.8 Å². The van der Waals surface area contributed by atoms with E-state index in [4.69, 9.17) is 15.9 Å². The van der Waals surface area contributed by atoms with Crippen molar-refractivity contribution < 1.29 is 24.2 Å². The molecule has 2 aliphatic rings. The molecule has 198 valence electrons. The van der Waals surface area contributed by atoms with Gasteiger partial charge in [-0.1, -0.05) is 6.92 Å². The van der Waals surface area contributed by atoms with E-state index in [2.05, 4.69) is 10.6 Å². The molecular weight excluding hydrogens is 496 g/mol. The average Bonchev–Trinajstić information content (AvgIpc) is 3.43. The first-order chi connectivity index (χ1) is 17.8. The fraction of sp³-hybridized carbons (Fsp3) is 0.440. The Morgan fingerprint density at radius 3 is 2.38 bits per heavy atom. The van der Waals surface area contributed by atoms with Crippen molar-refractivity contribution in [2.45, 2.75) is 31.0 Å². The van der Waals surface area contributed by atoms with Crippen molar-refractivity contribution in [1.82, 2.24) is 20.4 Å². The summed E-state index contributed by atoms with van der Waals surface area (Å²) < 4.78 is 6.51. The van der Waals surface area contributed by atoms with E-state index in [0.29, 0.717) is 36.4 Å². The third kappa shape index (κ3) is 5.04. The summed E-state index contributed by atoms with van der Waals surface area (Å²) in [5.41, 5.74) is 5.22. The number of piperazine rings is 2. The molecule has 0 bridgehead atoms. The van der Waals surface area contributed by atoms with E-state index in [1.165, 1.54) is 16.2 Å². The van der Waals surface area contributed by atoms with E-state index >= 15 is 0 Å². The molecule has 2 fully saturated rings. The molecule has 2 amide bonds. The second-order valence-electron chi connectivity index (χ2n) is 9.02. The smallest absolute Gasteiger partial charge is 0.329 e. The molecule has 6 N–H and O–H groups in total. The fourth-order valence-corrected chi connectivity index (χ4v) is 6.02. The average molecular weight is 529 g/mol. The van der Waals surface area contributed by atoms with Crippen LogP contribution in [0.4, 0.5) is 0 Å². The number of nitrogen functional groups attached to an aromatic ring is 1. The maximum absolute atomic E-state index is 13.5. The number of carbonyl (C=O) groups is 3. The number of ether oxygens (including phenoxy) is 1. The van der Waals surface area contributed by atoms with Crippen LogP contribution in [-0.4, -0.2) is 89.9 Å². The Morgan fingerprint density at radius 1 is 1.16 bits per heavy atom. The quantitative estimate of drug-likeness (QED) is 0.219. The number of hydrogen-bond donors (Lipinski definition) is 5. The second-order valence-corrected chi connectivity index (χ2v) is 9.80. The van der Waals surface area contributed by atoms with Crippen molar-refractivity contribution in [2.75, 3.05) is 39.3 Å². The molecule has 4 rings (SSSR count). The molecule has 0 spiro atoms. The second kappa shape index (κ2) is 11.3. The van der Waals surface area contributed by atoms with Crippen LogP contribution in [0.15, 0.2) is 41.1 Å². The topological polar surface area (TPSA) is 161 Å². The number of carboxylic acid groups (broad SMARTS) is 1. The van der Waals surface area contributed by atoms with E-state index < -0.39 is 23.7 Å². The van der Waals surface area contributed by atoms with Crippen LogP contribution in [0.2, 0.25) is 0 Å². The number of nitrogens with zero attached hydrogens (tertiary/aromatic N) is 2. The van der Waals surface area contributed by atoms with Crippen LogP contribution in [0, 0.1) is 5.41 Å². The zero-order valence-corrected chi connectivity index (χ0v) is 21.4. The number of amidine groups is 1. The van der Waals surface area contributed by atoms with E-state index in [9.17, 15) is 19.5 Å². The highest BCUT2D eigenvalue weighted by atomic mass is 32.1. The molecule has 1 aromatic heterocycles. The Labute approximate surface area is 219 Å². The van der Waals surface area contributed by atoms with Crippen molar-refractivity contribution >= 4 is 35.0 Å². The van der Waals surface area contributed by atoms with E-state index in [1.54, 1.807) is 29.2 Å². The van der Waals surface area contributed by atoms with Crippen LogP contribution in [0.25, 0.3) is 0 Å². The number of benzene rings is 1. The molecule has 0 aliphatic carbocycles. The van der Waals surface area contributed by atoms with Gasteiger partial charge in [-0.05, 0) is 53.1 Å². The molecule has 3 heterocycles. The molecule has 2 aliphatic heterocycles. The summed E-state index contributed by atoms with van der Waals surface area (Å²) in [5.74, 6) is -1.46. The highest BCUT2D eigenvalue weighted by Gasteiger charge is 2.60. The summed E-state index contributed by atoms with van der Waals surface area (Å²) in [6.45, 7) is 3.30. The van der Waals surface area contributed by atoms with Gasteiger partial charge in [0.1, 0.15) is 23.2 Å². The number of aliphatic carboxylic acids is 1. The molecule has 0 radical (unpaired) electrons. The Morgan fingerprint density at radius 2 is 1.84 bits per heavy atom. The fourth-order valence-electron chi connectivity index (χ4n) is 5.30. The normalized spacial score (nSPS) is 19.7. The highest BCUT2D eigenvalue weighted by molar-refractivity contribution is 7.08. The number of nitrogens with two attached hydrogens (primary N) is 1.